The van der Waals surface area contributed by atoms with E-state index in [0.717, 1.165) is 56.4 Å². The summed E-state index contributed by atoms with van der Waals surface area (Å²) in [6, 6.07) is 85.1. The van der Waals surface area contributed by atoms with Crippen molar-refractivity contribution in [3.8, 4) is 33.4 Å². The molecule has 2 heteroatoms. The molecule has 64 heavy (non-hydrogen) atoms. The first-order valence-corrected chi connectivity index (χ1v) is 21.7. The van der Waals surface area contributed by atoms with E-state index in [9.17, 15) is 0 Å². The Hall–Kier alpha value is -8.46. The van der Waals surface area contributed by atoms with E-state index in [1.807, 2.05) is 12.2 Å². The smallest absolute Gasteiger partial charge is 0.0540 e. The lowest BCUT2D eigenvalue weighted by Gasteiger charge is -2.28. The van der Waals surface area contributed by atoms with Gasteiger partial charge in [-0.15, -0.1) is 0 Å². The van der Waals surface area contributed by atoms with Crippen LogP contribution in [0.25, 0.3) is 60.5 Å². The third-order valence-corrected chi connectivity index (χ3v) is 12.0. The van der Waals surface area contributed by atoms with Crippen LogP contribution >= 0.6 is 0 Å². The van der Waals surface area contributed by atoms with Gasteiger partial charge in [0.15, 0.2) is 0 Å². The Kier molecular flexibility index (Phi) is 11.1. The average molecular weight is 819 g/mol. The van der Waals surface area contributed by atoms with Crippen LogP contribution in [0.1, 0.15) is 5.56 Å². The maximum absolute atomic E-state index is 4.03. The predicted molar refractivity (Wildman–Crippen MR) is 275 cm³/mol. The van der Waals surface area contributed by atoms with Crippen molar-refractivity contribution in [1.29, 1.82) is 0 Å². The van der Waals surface area contributed by atoms with E-state index in [1.54, 1.807) is 6.08 Å². The lowest BCUT2D eigenvalue weighted by molar-refractivity contribution is 1.28. The van der Waals surface area contributed by atoms with Crippen LogP contribution in [0.15, 0.2) is 268 Å². The zero-order chi connectivity index (χ0) is 43.2. The average Bonchev–Trinajstić information content (AvgIpc) is 3.37. The van der Waals surface area contributed by atoms with Crippen molar-refractivity contribution >= 4 is 61.2 Å². The van der Waals surface area contributed by atoms with E-state index in [2.05, 4.69) is 260 Å². The van der Waals surface area contributed by atoms with Gasteiger partial charge in [-0.25, -0.2) is 0 Å². The minimum absolute atomic E-state index is 1.03. The molecule has 10 rings (SSSR count). The van der Waals surface area contributed by atoms with Gasteiger partial charge in [-0.05, 0) is 133 Å². The van der Waals surface area contributed by atoms with E-state index in [-0.39, 0.29) is 0 Å². The van der Waals surface area contributed by atoms with Gasteiger partial charge in [-0.2, -0.15) is 0 Å². The van der Waals surface area contributed by atoms with Gasteiger partial charge in [-0.3, -0.25) is 0 Å². The summed E-state index contributed by atoms with van der Waals surface area (Å²) in [4.78, 5) is 4.68. The van der Waals surface area contributed by atoms with Crippen LogP contribution in [0.3, 0.4) is 0 Å². The highest BCUT2D eigenvalue weighted by Crippen LogP contribution is 2.43. The normalized spacial score (nSPS) is 11.3. The van der Waals surface area contributed by atoms with Gasteiger partial charge in [0.05, 0.1) is 5.69 Å². The zero-order valence-corrected chi connectivity index (χ0v) is 35.6. The highest BCUT2D eigenvalue weighted by molar-refractivity contribution is 6.06. The number of para-hydroxylation sites is 1. The van der Waals surface area contributed by atoms with Crippen molar-refractivity contribution in [3.05, 3.63) is 274 Å². The number of nitrogens with zero attached hydrogens (tertiary/aromatic N) is 2. The molecule has 0 bridgehead atoms. The van der Waals surface area contributed by atoms with Crippen molar-refractivity contribution in [2.75, 3.05) is 9.80 Å². The van der Waals surface area contributed by atoms with E-state index in [0.29, 0.717) is 0 Å². The van der Waals surface area contributed by atoms with Crippen LogP contribution in [0.2, 0.25) is 0 Å². The molecule has 10 aromatic carbocycles. The largest absolute Gasteiger partial charge is 0.311 e. The minimum atomic E-state index is 1.03. The number of benzene rings is 10. The highest BCUT2D eigenvalue weighted by atomic mass is 15.1. The second-order valence-electron chi connectivity index (χ2n) is 15.9. The highest BCUT2D eigenvalue weighted by Gasteiger charge is 2.18. The number of anilines is 6. The summed E-state index contributed by atoms with van der Waals surface area (Å²) in [7, 11) is 0. The molecule has 0 saturated heterocycles. The van der Waals surface area contributed by atoms with Gasteiger partial charge in [-0.1, -0.05) is 195 Å². The maximum Gasteiger partial charge on any atom is 0.0540 e. The Labute approximate surface area is 376 Å². The molecule has 0 N–H and O–H groups in total. The minimum Gasteiger partial charge on any atom is -0.311 e. The zero-order valence-electron chi connectivity index (χ0n) is 35.6. The van der Waals surface area contributed by atoms with Crippen LogP contribution in [-0.2, 0) is 0 Å². The Balaban J connectivity index is 0.985. The van der Waals surface area contributed by atoms with Gasteiger partial charge in [0.25, 0.3) is 0 Å². The molecule has 0 aromatic heterocycles. The molecule has 0 fully saturated rings. The molecule has 10 aromatic rings. The molecular formula is C62H46N2. The predicted octanol–water partition coefficient (Wildman–Crippen LogP) is 17.7. The lowest BCUT2D eigenvalue weighted by Crippen LogP contribution is -2.10. The summed E-state index contributed by atoms with van der Waals surface area (Å²) >= 11 is 0. The van der Waals surface area contributed by atoms with Crippen molar-refractivity contribution in [1.82, 2.24) is 0 Å². The Bertz CT molecular complexity index is 3260. The van der Waals surface area contributed by atoms with Gasteiger partial charge >= 0.3 is 0 Å². The topological polar surface area (TPSA) is 6.48 Å². The monoisotopic (exact) mass is 818 g/mol. The van der Waals surface area contributed by atoms with Crippen LogP contribution in [-0.4, -0.2) is 0 Å². The van der Waals surface area contributed by atoms with Gasteiger partial charge < -0.3 is 9.80 Å². The fourth-order valence-corrected chi connectivity index (χ4v) is 8.79. The molecule has 0 amide bonds. The van der Waals surface area contributed by atoms with Crippen molar-refractivity contribution in [2.45, 2.75) is 0 Å². The quantitative estimate of drug-likeness (QED) is 0.113. The standard InChI is InChI=1S/C62H46N2/c1-3-15-45(4-2)47-26-34-55(35-27-47)63(57-38-32-50(33-39-57)53-25-24-46-16-11-12-19-52(46)44-53)56-36-28-48(29-37-56)49-30-40-58(41-31-49)64(54-20-9-6-10-21-54)62-43-42-59(51-17-7-5-8-18-51)60-22-13-14-23-61(60)62/h3-44H,1-2H2/b45-15+. The summed E-state index contributed by atoms with van der Waals surface area (Å²) in [6.45, 7) is 7.92. The molecule has 0 aliphatic carbocycles. The molecule has 0 radical (unpaired) electrons. The van der Waals surface area contributed by atoms with E-state index < -0.39 is 0 Å². The third kappa shape index (κ3) is 7.93. The summed E-state index contributed by atoms with van der Waals surface area (Å²) < 4.78 is 0. The fourth-order valence-electron chi connectivity index (χ4n) is 8.79. The van der Waals surface area contributed by atoms with E-state index in [1.165, 1.54) is 43.8 Å². The second-order valence-corrected chi connectivity index (χ2v) is 15.9. The van der Waals surface area contributed by atoms with Gasteiger partial charge in [0.2, 0.25) is 0 Å². The second kappa shape index (κ2) is 17.9. The summed E-state index contributed by atoms with van der Waals surface area (Å²) in [5, 5.41) is 4.90. The number of allylic oxidation sites excluding steroid dienone is 4. The fraction of sp³-hybridized carbons (Fsp3) is 0. The SMILES string of the molecule is C=C/C=C(\C=C)c1ccc(N(c2ccc(-c3ccc(N(c4ccccc4)c4ccc(-c5ccccc5)c5ccccc45)cc3)cc2)c2ccc(-c3ccc4ccccc4c3)cc2)cc1. The van der Waals surface area contributed by atoms with Crippen molar-refractivity contribution < 1.29 is 0 Å². The molecule has 0 heterocycles. The number of hydrogen-bond donors (Lipinski definition) is 0. The third-order valence-electron chi connectivity index (χ3n) is 12.0. The van der Waals surface area contributed by atoms with Crippen LogP contribution in [0.4, 0.5) is 34.1 Å². The molecule has 0 aliphatic heterocycles. The summed E-state index contributed by atoms with van der Waals surface area (Å²) in [6.07, 6.45) is 5.66. The Morgan fingerprint density at radius 2 is 0.812 bits per heavy atom. The molecule has 0 unspecified atom stereocenters. The van der Waals surface area contributed by atoms with Gasteiger partial charge in [0, 0.05) is 33.8 Å². The Morgan fingerprint density at radius 3 is 1.41 bits per heavy atom. The van der Waals surface area contributed by atoms with Crippen molar-refractivity contribution in [3.63, 3.8) is 0 Å². The van der Waals surface area contributed by atoms with E-state index in [4.69, 9.17) is 0 Å². The number of hydrogen-bond acceptors (Lipinski definition) is 2. The summed E-state index contributed by atoms with van der Waals surface area (Å²) in [5.41, 5.74) is 15.8. The Morgan fingerprint density at radius 1 is 0.344 bits per heavy atom. The summed E-state index contributed by atoms with van der Waals surface area (Å²) in [5.74, 6) is 0. The number of rotatable bonds is 12. The lowest BCUT2D eigenvalue weighted by atomic mass is 9.96. The molecule has 0 saturated carbocycles. The van der Waals surface area contributed by atoms with Gasteiger partial charge in [0.1, 0.15) is 0 Å². The van der Waals surface area contributed by atoms with Crippen LogP contribution in [0.5, 0.6) is 0 Å². The molecule has 2 nitrogen and oxygen atoms in total. The molecule has 0 aliphatic rings. The van der Waals surface area contributed by atoms with E-state index >= 15 is 0 Å². The first-order valence-electron chi connectivity index (χ1n) is 21.7. The molecule has 0 atom stereocenters. The molecule has 0 spiro atoms. The van der Waals surface area contributed by atoms with Crippen LogP contribution in [0, 0.1) is 0 Å². The molecule has 304 valence electrons. The van der Waals surface area contributed by atoms with Crippen LogP contribution < -0.4 is 9.80 Å². The number of fused-ring (bicyclic) bond motifs is 2. The first kappa shape index (κ1) is 39.7. The van der Waals surface area contributed by atoms with Crippen molar-refractivity contribution in [2.24, 2.45) is 0 Å². The molecular weight excluding hydrogens is 773 g/mol. The first-order chi connectivity index (χ1) is 31.6. The maximum atomic E-state index is 4.03.